The molecule has 7 heteroatoms. The largest absolute Gasteiger partial charge is 0.478 e. The van der Waals surface area contributed by atoms with E-state index in [0.717, 1.165) is 39.4 Å². The lowest BCUT2D eigenvalue weighted by atomic mass is 10.1. The summed E-state index contributed by atoms with van der Waals surface area (Å²) in [7, 11) is 0. The molecule has 0 aliphatic rings. The number of pyridine rings is 1. The van der Waals surface area contributed by atoms with Crippen LogP contribution in [-0.4, -0.2) is 16.1 Å². The van der Waals surface area contributed by atoms with Crippen LogP contribution in [0.1, 0.15) is 57.7 Å². The Hall–Kier alpha value is -2.24. The van der Waals surface area contributed by atoms with Crippen LogP contribution >= 0.6 is 23.2 Å². The maximum Gasteiger partial charge on any atom is 0.331 e. The number of aryl methyl sites for hydroxylation is 1. The summed E-state index contributed by atoms with van der Waals surface area (Å²) in [5, 5.41) is 9.84. The zero-order valence-electron chi connectivity index (χ0n) is 17.8. The Morgan fingerprint density at radius 3 is 2.10 bits per heavy atom. The SMILES string of the molecule is C=C(C)c1cncc(C(F)F)c1.CC(C)=C(C)C(=O)O.CCc1cc(Cl)ccc1Cl. The molecule has 0 aliphatic heterocycles. The Kier molecular flexibility index (Phi) is 12.8. The highest BCUT2D eigenvalue weighted by molar-refractivity contribution is 6.33. The van der Waals surface area contributed by atoms with Crippen LogP contribution in [0.5, 0.6) is 0 Å². The van der Waals surface area contributed by atoms with Crippen molar-refractivity contribution in [3.8, 4) is 0 Å². The third kappa shape index (κ3) is 10.5. The molecule has 0 saturated carbocycles. The zero-order chi connectivity index (χ0) is 23.4. The highest BCUT2D eigenvalue weighted by Gasteiger charge is 2.07. The van der Waals surface area contributed by atoms with Crippen molar-refractivity contribution in [2.24, 2.45) is 0 Å². The number of allylic oxidation sites excluding steroid dienone is 2. The van der Waals surface area contributed by atoms with Crippen LogP contribution in [0.15, 0.2) is 54.4 Å². The summed E-state index contributed by atoms with van der Waals surface area (Å²) >= 11 is 11.6. The number of aliphatic carboxylic acids is 1. The zero-order valence-corrected chi connectivity index (χ0v) is 19.3. The number of carboxylic acids is 1. The molecule has 0 amide bonds. The normalized spacial score (nSPS) is 9.67. The van der Waals surface area contributed by atoms with Crippen molar-refractivity contribution in [3.05, 3.63) is 81.1 Å². The van der Waals surface area contributed by atoms with E-state index in [2.05, 4.69) is 18.5 Å². The summed E-state index contributed by atoms with van der Waals surface area (Å²) in [6.07, 6.45) is 1.15. The quantitative estimate of drug-likeness (QED) is 0.472. The van der Waals surface area contributed by atoms with E-state index in [-0.39, 0.29) is 5.56 Å². The number of hydrogen-bond donors (Lipinski definition) is 1. The average molecular weight is 458 g/mol. The Morgan fingerprint density at radius 2 is 1.73 bits per heavy atom. The molecule has 1 aromatic carbocycles. The maximum absolute atomic E-state index is 12.1. The van der Waals surface area contributed by atoms with E-state index in [1.807, 2.05) is 12.1 Å². The molecule has 0 radical (unpaired) electrons. The molecule has 1 aromatic heterocycles. The Bertz CT molecular complexity index is 893. The van der Waals surface area contributed by atoms with Crippen LogP contribution in [-0.2, 0) is 11.2 Å². The number of halogens is 4. The van der Waals surface area contributed by atoms with Gasteiger partial charge in [0.25, 0.3) is 6.43 Å². The van der Waals surface area contributed by atoms with Gasteiger partial charge in [-0.25, -0.2) is 13.6 Å². The molecule has 2 aromatic rings. The number of aromatic nitrogens is 1. The van der Waals surface area contributed by atoms with Crippen LogP contribution in [0.25, 0.3) is 5.57 Å². The molecule has 0 bridgehead atoms. The fourth-order valence-corrected chi connectivity index (χ4v) is 2.28. The van der Waals surface area contributed by atoms with E-state index < -0.39 is 12.4 Å². The van der Waals surface area contributed by atoms with Gasteiger partial charge >= 0.3 is 5.97 Å². The number of rotatable bonds is 4. The van der Waals surface area contributed by atoms with Crippen molar-refractivity contribution in [2.45, 2.75) is 47.5 Å². The third-order valence-corrected chi connectivity index (χ3v) is 4.57. The Balaban J connectivity index is 0.000000431. The molecule has 0 saturated heterocycles. The van der Waals surface area contributed by atoms with Crippen molar-refractivity contribution < 1.29 is 18.7 Å². The van der Waals surface area contributed by atoms with Crippen LogP contribution in [0.2, 0.25) is 10.0 Å². The monoisotopic (exact) mass is 457 g/mol. The molecule has 0 spiro atoms. The van der Waals surface area contributed by atoms with Crippen LogP contribution in [0, 0.1) is 0 Å². The van der Waals surface area contributed by atoms with Crippen molar-refractivity contribution in [1.29, 1.82) is 0 Å². The highest BCUT2D eigenvalue weighted by atomic mass is 35.5. The molecular weight excluding hydrogens is 431 g/mol. The van der Waals surface area contributed by atoms with Gasteiger partial charge < -0.3 is 5.11 Å². The standard InChI is InChI=1S/C9H9F2N.C8H8Cl2.C6H10O2/c1-6(2)7-3-8(9(10)11)5-12-4-7;1-2-6-5-7(9)3-4-8(6)10;1-4(2)5(3)6(7)8/h3-5,9H,1H2,2H3;3-5H,2H2,1H3;1-3H3,(H,7,8). The second-order valence-corrected chi connectivity index (χ2v) is 7.45. The minimum absolute atomic E-state index is 0.0597. The van der Waals surface area contributed by atoms with E-state index in [0.29, 0.717) is 11.1 Å². The fraction of sp³-hybridized carbons (Fsp3) is 0.304. The van der Waals surface area contributed by atoms with E-state index in [1.54, 1.807) is 33.8 Å². The number of carboxylic acid groups (broad SMARTS) is 1. The molecule has 0 unspecified atom stereocenters. The summed E-state index contributed by atoms with van der Waals surface area (Å²) in [5.41, 5.74) is 3.74. The summed E-state index contributed by atoms with van der Waals surface area (Å²) in [4.78, 5) is 13.8. The highest BCUT2D eigenvalue weighted by Crippen LogP contribution is 2.21. The summed E-state index contributed by atoms with van der Waals surface area (Å²) < 4.78 is 24.3. The van der Waals surface area contributed by atoms with E-state index in [9.17, 15) is 13.6 Å². The first kappa shape index (κ1) is 27.8. The number of carbonyl (C=O) groups is 1. The van der Waals surface area contributed by atoms with Crippen molar-refractivity contribution in [3.63, 3.8) is 0 Å². The molecule has 2 rings (SSSR count). The van der Waals surface area contributed by atoms with Gasteiger partial charge in [0.1, 0.15) is 0 Å². The minimum Gasteiger partial charge on any atom is -0.478 e. The molecule has 164 valence electrons. The van der Waals surface area contributed by atoms with E-state index >= 15 is 0 Å². The minimum atomic E-state index is -2.46. The molecule has 30 heavy (non-hydrogen) atoms. The summed E-state index contributed by atoms with van der Waals surface area (Å²) in [5.74, 6) is -0.829. The predicted octanol–water partition coefficient (Wildman–Crippen LogP) is 8.04. The first-order chi connectivity index (χ1) is 13.9. The maximum atomic E-state index is 12.1. The smallest absolute Gasteiger partial charge is 0.331 e. The third-order valence-electron chi connectivity index (χ3n) is 3.96. The van der Waals surface area contributed by atoms with Gasteiger partial charge in [0, 0.05) is 33.6 Å². The number of benzene rings is 1. The summed E-state index contributed by atoms with van der Waals surface area (Å²) in [6.45, 7) is 12.6. The van der Waals surface area contributed by atoms with E-state index in [4.69, 9.17) is 28.3 Å². The number of nitrogens with zero attached hydrogens (tertiary/aromatic N) is 1. The van der Waals surface area contributed by atoms with Gasteiger partial charge in [-0.1, -0.05) is 42.3 Å². The van der Waals surface area contributed by atoms with Gasteiger partial charge in [-0.05, 0) is 75.1 Å². The lowest BCUT2D eigenvalue weighted by Gasteiger charge is -2.02. The Labute approximate surface area is 187 Å². The van der Waals surface area contributed by atoms with Crippen LogP contribution < -0.4 is 0 Å². The molecule has 0 atom stereocenters. The summed E-state index contributed by atoms with van der Waals surface area (Å²) in [6, 6.07) is 6.91. The average Bonchev–Trinajstić information content (AvgIpc) is 2.70. The first-order valence-corrected chi connectivity index (χ1v) is 9.86. The second-order valence-electron chi connectivity index (χ2n) is 6.61. The van der Waals surface area contributed by atoms with Crippen LogP contribution in [0.4, 0.5) is 8.78 Å². The van der Waals surface area contributed by atoms with E-state index in [1.165, 1.54) is 12.3 Å². The van der Waals surface area contributed by atoms with Gasteiger partial charge in [-0.3, -0.25) is 4.98 Å². The molecule has 0 aliphatic carbocycles. The fourth-order valence-electron chi connectivity index (χ4n) is 1.84. The molecule has 0 fully saturated rings. The van der Waals surface area contributed by atoms with Crippen molar-refractivity contribution in [2.75, 3.05) is 0 Å². The molecule has 1 heterocycles. The van der Waals surface area contributed by atoms with Crippen molar-refractivity contribution in [1.82, 2.24) is 4.98 Å². The molecule has 1 N–H and O–H groups in total. The number of hydrogen-bond acceptors (Lipinski definition) is 2. The van der Waals surface area contributed by atoms with Gasteiger partial charge in [0.15, 0.2) is 0 Å². The topological polar surface area (TPSA) is 50.2 Å². The van der Waals surface area contributed by atoms with Gasteiger partial charge in [0.2, 0.25) is 0 Å². The van der Waals surface area contributed by atoms with Crippen LogP contribution in [0.3, 0.4) is 0 Å². The van der Waals surface area contributed by atoms with Gasteiger partial charge in [-0.15, -0.1) is 0 Å². The Morgan fingerprint density at radius 1 is 1.13 bits per heavy atom. The molecule has 3 nitrogen and oxygen atoms in total. The molecular formula is C23H27Cl2F2NO2. The van der Waals surface area contributed by atoms with Gasteiger partial charge in [-0.2, -0.15) is 0 Å². The van der Waals surface area contributed by atoms with Gasteiger partial charge in [0.05, 0.1) is 0 Å². The number of alkyl halides is 2. The predicted molar refractivity (Wildman–Crippen MR) is 121 cm³/mol. The lowest BCUT2D eigenvalue weighted by molar-refractivity contribution is -0.132. The first-order valence-electron chi connectivity index (χ1n) is 9.10. The lowest BCUT2D eigenvalue weighted by Crippen LogP contribution is -1.97. The van der Waals surface area contributed by atoms with Crippen molar-refractivity contribution >= 4 is 34.7 Å². The second kappa shape index (κ2) is 13.9.